The smallest absolute Gasteiger partial charge is 0.407 e. The molecule has 2 atom stereocenters. The van der Waals surface area contributed by atoms with Crippen LogP contribution in [0.4, 0.5) is 10.5 Å². The van der Waals surface area contributed by atoms with Crippen molar-refractivity contribution in [1.82, 2.24) is 10.2 Å². The number of rotatable bonds is 5. The zero-order valence-electron chi connectivity index (χ0n) is 20.1. The van der Waals surface area contributed by atoms with Crippen LogP contribution in [-0.2, 0) is 16.1 Å². The molecule has 1 N–H and O–H groups in total. The quantitative estimate of drug-likeness (QED) is 0.669. The van der Waals surface area contributed by atoms with E-state index in [1.54, 1.807) is 11.8 Å². The minimum Gasteiger partial charge on any atom is -0.464 e. The van der Waals surface area contributed by atoms with E-state index >= 15 is 0 Å². The van der Waals surface area contributed by atoms with E-state index in [2.05, 4.69) is 16.3 Å². The number of carbonyl (C=O) groups excluding carboxylic acids is 2. The molecule has 1 aromatic heterocycles. The summed E-state index contributed by atoms with van der Waals surface area (Å²) >= 11 is 0. The lowest BCUT2D eigenvalue weighted by Crippen LogP contribution is -2.45. The summed E-state index contributed by atoms with van der Waals surface area (Å²) in [6.45, 7) is 10.4. The Morgan fingerprint density at radius 2 is 1.94 bits per heavy atom. The Hall–Kier alpha value is -2.80. The minimum atomic E-state index is -0.448. The first-order valence-electron chi connectivity index (χ1n) is 12.0. The summed E-state index contributed by atoms with van der Waals surface area (Å²) in [7, 11) is 0. The third kappa shape index (κ3) is 5.41. The largest absolute Gasteiger partial charge is 0.464 e. The van der Waals surface area contributed by atoms with E-state index in [0.717, 1.165) is 42.2 Å². The molecule has 0 bridgehead atoms. The van der Waals surface area contributed by atoms with Crippen LogP contribution in [0, 0.1) is 0 Å². The van der Waals surface area contributed by atoms with Crippen LogP contribution in [0.5, 0.6) is 0 Å². The summed E-state index contributed by atoms with van der Waals surface area (Å²) in [6, 6.07) is 7.78. The number of hydrogen-bond donors (Lipinski definition) is 1. The molecule has 1 fully saturated rings. The van der Waals surface area contributed by atoms with Gasteiger partial charge < -0.3 is 19.4 Å². The fourth-order valence-corrected chi connectivity index (χ4v) is 5.01. The Balaban J connectivity index is 1.61. The third-order valence-electron chi connectivity index (χ3n) is 6.45. The van der Waals surface area contributed by atoms with Crippen molar-refractivity contribution in [2.75, 3.05) is 18.0 Å². The van der Waals surface area contributed by atoms with Crippen LogP contribution in [0.2, 0.25) is 0 Å². The third-order valence-corrected chi connectivity index (χ3v) is 6.45. The first-order valence-corrected chi connectivity index (χ1v) is 12.0. The van der Waals surface area contributed by atoms with Gasteiger partial charge in [-0.25, -0.2) is 4.79 Å². The van der Waals surface area contributed by atoms with Gasteiger partial charge in [-0.1, -0.05) is 6.42 Å². The molecular weight excluding hydrogens is 418 g/mol. The maximum atomic E-state index is 12.4. The van der Waals surface area contributed by atoms with Crippen LogP contribution in [0.1, 0.15) is 70.5 Å². The molecule has 1 saturated heterocycles. The maximum absolute atomic E-state index is 12.4. The number of furan rings is 1. The second-order valence-electron chi connectivity index (χ2n) is 9.55. The van der Waals surface area contributed by atoms with Gasteiger partial charge in [-0.05, 0) is 83.0 Å². The number of fused-ring (bicyclic) bond motifs is 1. The molecule has 178 valence electrons. The van der Waals surface area contributed by atoms with Gasteiger partial charge in [0.1, 0.15) is 5.76 Å². The first kappa shape index (κ1) is 23.4. The van der Waals surface area contributed by atoms with Crippen molar-refractivity contribution in [1.29, 1.82) is 0 Å². The molecule has 1 aromatic carbocycles. The number of amides is 2. The highest BCUT2D eigenvalue weighted by atomic mass is 16.6. The van der Waals surface area contributed by atoms with Crippen molar-refractivity contribution in [3.8, 4) is 11.3 Å². The SMILES string of the molecule is CC(=O)N1c2ccc(-c3cc(CN4CCCCC4)co3)cc2[C@H](NC(=O)OC(C)C)C[C@@H]1C. The van der Waals surface area contributed by atoms with Gasteiger partial charge >= 0.3 is 6.09 Å². The number of carbonyl (C=O) groups is 2. The van der Waals surface area contributed by atoms with Crippen LogP contribution >= 0.6 is 0 Å². The average Bonchev–Trinajstić information content (AvgIpc) is 3.22. The number of nitrogens with zero attached hydrogens (tertiary/aromatic N) is 2. The van der Waals surface area contributed by atoms with Crippen molar-refractivity contribution >= 4 is 17.7 Å². The summed E-state index contributed by atoms with van der Waals surface area (Å²) < 4.78 is 11.2. The van der Waals surface area contributed by atoms with Crippen molar-refractivity contribution in [3.05, 3.63) is 41.7 Å². The summed E-state index contributed by atoms with van der Waals surface area (Å²) in [5, 5.41) is 3.00. The number of alkyl carbamates (subject to hydrolysis) is 1. The lowest BCUT2D eigenvalue weighted by atomic mass is 9.90. The molecule has 7 heteroatoms. The number of benzene rings is 1. The number of ether oxygens (including phenoxy) is 1. The Labute approximate surface area is 196 Å². The van der Waals surface area contributed by atoms with Gasteiger partial charge in [0.05, 0.1) is 18.4 Å². The number of likely N-dealkylation sites (tertiary alicyclic amines) is 1. The normalized spacial score (nSPS) is 21.1. The van der Waals surface area contributed by atoms with Crippen LogP contribution in [0.15, 0.2) is 34.9 Å². The molecule has 7 nitrogen and oxygen atoms in total. The average molecular weight is 454 g/mol. The fraction of sp³-hybridized carbons (Fsp3) is 0.538. The highest BCUT2D eigenvalue weighted by Gasteiger charge is 2.34. The van der Waals surface area contributed by atoms with E-state index < -0.39 is 6.09 Å². The first-order chi connectivity index (χ1) is 15.8. The molecule has 2 aliphatic rings. The Morgan fingerprint density at radius 3 is 2.64 bits per heavy atom. The van der Waals surface area contributed by atoms with Gasteiger partial charge in [-0.2, -0.15) is 0 Å². The number of hydrogen-bond acceptors (Lipinski definition) is 5. The predicted molar refractivity (Wildman–Crippen MR) is 128 cm³/mol. The summed E-state index contributed by atoms with van der Waals surface area (Å²) in [5.74, 6) is 0.780. The van der Waals surface area contributed by atoms with E-state index in [9.17, 15) is 9.59 Å². The molecule has 2 aromatic rings. The highest BCUT2D eigenvalue weighted by molar-refractivity contribution is 5.94. The maximum Gasteiger partial charge on any atom is 0.407 e. The Kier molecular flexibility index (Phi) is 7.08. The summed E-state index contributed by atoms with van der Waals surface area (Å²) in [6.07, 6.45) is 5.63. The van der Waals surface area contributed by atoms with Gasteiger partial charge in [0.2, 0.25) is 5.91 Å². The van der Waals surface area contributed by atoms with Gasteiger partial charge in [0.25, 0.3) is 0 Å². The minimum absolute atomic E-state index is 0.0125. The van der Waals surface area contributed by atoms with Gasteiger partial charge in [0, 0.05) is 36.3 Å². The molecule has 2 aliphatic heterocycles. The monoisotopic (exact) mass is 453 g/mol. The Bertz CT molecular complexity index is 993. The van der Waals surface area contributed by atoms with Crippen molar-refractivity contribution < 1.29 is 18.7 Å². The molecule has 0 unspecified atom stereocenters. The van der Waals surface area contributed by atoms with Gasteiger partial charge in [0.15, 0.2) is 0 Å². The summed E-state index contributed by atoms with van der Waals surface area (Å²) in [4.78, 5) is 29.0. The summed E-state index contributed by atoms with van der Waals surface area (Å²) in [5.41, 5.74) is 3.81. The van der Waals surface area contributed by atoms with E-state index in [4.69, 9.17) is 9.15 Å². The molecule has 0 saturated carbocycles. The second-order valence-corrected chi connectivity index (χ2v) is 9.55. The van der Waals surface area contributed by atoms with E-state index in [0.29, 0.717) is 6.42 Å². The molecule has 0 aliphatic carbocycles. The van der Waals surface area contributed by atoms with E-state index in [1.807, 2.05) is 45.2 Å². The predicted octanol–water partition coefficient (Wildman–Crippen LogP) is 5.25. The Morgan fingerprint density at radius 1 is 1.18 bits per heavy atom. The molecule has 2 amide bonds. The van der Waals surface area contributed by atoms with Crippen molar-refractivity contribution in [2.24, 2.45) is 0 Å². The van der Waals surface area contributed by atoms with Crippen LogP contribution in [0.25, 0.3) is 11.3 Å². The number of piperidine rings is 1. The van der Waals surface area contributed by atoms with Gasteiger partial charge in [-0.15, -0.1) is 0 Å². The lowest BCUT2D eigenvalue weighted by molar-refractivity contribution is -0.117. The van der Waals surface area contributed by atoms with E-state index in [1.165, 1.54) is 24.8 Å². The van der Waals surface area contributed by atoms with Crippen molar-refractivity contribution in [2.45, 2.75) is 78.1 Å². The topological polar surface area (TPSA) is 75.0 Å². The zero-order valence-corrected chi connectivity index (χ0v) is 20.1. The number of nitrogens with one attached hydrogen (secondary N) is 1. The van der Waals surface area contributed by atoms with Crippen molar-refractivity contribution in [3.63, 3.8) is 0 Å². The molecule has 33 heavy (non-hydrogen) atoms. The van der Waals surface area contributed by atoms with Crippen LogP contribution in [-0.4, -0.2) is 42.1 Å². The highest BCUT2D eigenvalue weighted by Crippen LogP contribution is 2.40. The van der Waals surface area contributed by atoms with Crippen LogP contribution < -0.4 is 10.2 Å². The zero-order chi connectivity index (χ0) is 23.5. The molecule has 0 spiro atoms. The fourth-order valence-electron chi connectivity index (χ4n) is 5.01. The molecule has 4 rings (SSSR count). The van der Waals surface area contributed by atoms with E-state index in [-0.39, 0.29) is 24.1 Å². The lowest BCUT2D eigenvalue weighted by Gasteiger charge is -2.39. The number of anilines is 1. The molecular formula is C26H35N3O4. The van der Waals surface area contributed by atoms with Crippen LogP contribution in [0.3, 0.4) is 0 Å². The molecule has 3 heterocycles. The second kappa shape index (κ2) is 10.00. The van der Waals surface area contributed by atoms with Gasteiger partial charge in [-0.3, -0.25) is 9.69 Å². The molecule has 0 radical (unpaired) electrons. The standard InChI is InChI=1S/C26H35N3O4/c1-17(2)33-26(31)27-23-12-18(3)29(19(4)30)24-9-8-21(14-22(23)24)25-13-20(16-32-25)15-28-10-6-5-7-11-28/h8-9,13-14,16-18,23H,5-7,10-12,15H2,1-4H3,(H,27,31)/t18-,23+/m0/s1.